The number of nitrogens with two attached hydrogens (primary N) is 1. The molecule has 0 saturated heterocycles. The van der Waals surface area contributed by atoms with Crippen LogP contribution in [0, 0.1) is 0 Å². The third-order valence-corrected chi connectivity index (χ3v) is 7.66. The number of likely N-dealkylation sites (N-methyl/N-ethyl adjacent to an activating group) is 1. The number of primary amides is 1. The molecule has 7 nitrogen and oxygen atoms in total. The Hall–Kier alpha value is -4.23. The summed E-state index contributed by atoms with van der Waals surface area (Å²) in [6.07, 6.45) is 3.24. The summed E-state index contributed by atoms with van der Waals surface area (Å²) in [6, 6.07) is 25.3. The quantitative estimate of drug-likeness (QED) is 0.159. The highest BCUT2D eigenvalue weighted by Crippen LogP contribution is 2.37. The number of aryl methyl sites for hydroxylation is 1. The Morgan fingerprint density at radius 2 is 1.71 bits per heavy atom. The number of quaternary nitrogens is 1. The van der Waals surface area contributed by atoms with Crippen LogP contribution in [0.1, 0.15) is 53.8 Å². The van der Waals surface area contributed by atoms with Crippen molar-refractivity contribution in [1.29, 1.82) is 0 Å². The summed E-state index contributed by atoms with van der Waals surface area (Å²) in [5, 5.41) is 2.10. The molecule has 1 amide bonds. The number of unbranched alkanes of at least 4 members (excludes halogenated alkanes) is 1. The number of ether oxygens (including phenoxy) is 2. The fourth-order valence-electron chi connectivity index (χ4n) is 5.19. The molecule has 0 bridgehead atoms. The van der Waals surface area contributed by atoms with E-state index in [0.717, 1.165) is 52.4 Å². The van der Waals surface area contributed by atoms with E-state index in [1.807, 2.05) is 60.7 Å². The largest absolute Gasteiger partial charge is 0.471 e. The van der Waals surface area contributed by atoms with Gasteiger partial charge in [0.05, 0.1) is 21.2 Å². The van der Waals surface area contributed by atoms with E-state index < -0.39 is 5.91 Å². The first-order valence-corrected chi connectivity index (χ1v) is 14.1. The van der Waals surface area contributed by atoms with Crippen LogP contribution in [0.5, 0.6) is 5.88 Å². The fourth-order valence-corrected chi connectivity index (χ4v) is 5.19. The van der Waals surface area contributed by atoms with Gasteiger partial charge in [0.15, 0.2) is 0 Å². The van der Waals surface area contributed by atoms with Crippen molar-refractivity contribution in [2.24, 2.45) is 5.73 Å². The molecule has 0 aliphatic carbocycles. The molecule has 0 aliphatic heterocycles. The second-order valence-electron chi connectivity index (χ2n) is 10.9. The van der Waals surface area contributed by atoms with Crippen molar-refractivity contribution in [2.75, 3.05) is 34.4 Å². The molecular weight excluding hydrogens is 514 g/mol. The van der Waals surface area contributed by atoms with Gasteiger partial charge in [0, 0.05) is 22.2 Å². The number of esters is 1. The van der Waals surface area contributed by atoms with Crippen molar-refractivity contribution in [2.45, 2.75) is 38.6 Å². The van der Waals surface area contributed by atoms with Crippen LogP contribution < -0.4 is 10.5 Å². The highest BCUT2D eigenvalue weighted by atomic mass is 16.5. The zero-order valence-electron chi connectivity index (χ0n) is 24.4. The maximum atomic E-state index is 12.7. The van der Waals surface area contributed by atoms with Crippen molar-refractivity contribution in [3.8, 4) is 17.0 Å². The maximum Gasteiger partial charge on any atom is 0.311 e. The summed E-state index contributed by atoms with van der Waals surface area (Å²) in [5.41, 5.74) is 9.81. The van der Waals surface area contributed by atoms with Gasteiger partial charge in [-0.1, -0.05) is 67.9 Å². The summed E-state index contributed by atoms with van der Waals surface area (Å²) in [4.78, 5) is 29.6. The molecule has 0 aliphatic rings. The number of carbonyl (C=O) groups is 2. The molecule has 7 heteroatoms. The third-order valence-electron chi connectivity index (χ3n) is 7.66. The Morgan fingerprint density at radius 3 is 2.41 bits per heavy atom. The average molecular weight is 555 g/mol. The number of benzene rings is 3. The predicted molar refractivity (Wildman–Crippen MR) is 163 cm³/mol. The van der Waals surface area contributed by atoms with Gasteiger partial charge >= 0.3 is 5.97 Å². The van der Waals surface area contributed by atoms with E-state index in [2.05, 4.69) is 33.2 Å². The SMILES string of the molecule is CCCCc1cc2ccccc2c(OCC[N+](C)(C)[C@H](CC(=O)OC)c2ccc(C(N)=O)cc2-c2ccccc2)n1. The third kappa shape index (κ3) is 7.30. The minimum atomic E-state index is -0.499. The van der Waals surface area contributed by atoms with Gasteiger partial charge in [-0.3, -0.25) is 9.59 Å². The first kappa shape index (κ1) is 29.7. The lowest BCUT2D eigenvalue weighted by Gasteiger charge is -2.38. The Bertz CT molecular complexity index is 1500. The van der Waals surface area contributed by atoms with Gasteiger partial charge < -0.3 is 19.7 Å². The number of aromatic nitrogens is 1. The van der Waals surface area contributed by atoms with Gasteiger partial charge in [-0.25, -0.2) is 4.98 Å². The predicted octanol–water partition coefficient (Wildman–Crippen LogP) is 6.10. The molecule has 0 radical (unpaired) electrons. The topological polar surface area (TPSA) is 91.5 Å². The van der Waals surface area contributed by atoms with Crippen LogP contribution in [0.15, 0.2) is 78.9 Å². The van der Waals surface area contributed by atoms with Crippen LogP contribution in [0.3, 0.4) is 0 Å². The summed E-state index contributed by atoms with van der Waals surface area (Å²) in [5.74, 6) is -0.174. The second-order valence-corrected chi connectivity index (χ2v) is 10.9. The van der Waals surface area contributed by atoms with Crippen LogP contribution in [0.4, 0.5) is 0 Å². The fraction of sp³-hybridized carbons (Fsp3) is 0.324. The summed E-state index contributed by atoms with van der Waals surface area (Å²) < 4.78 is 11.9. The highest BCUT2D eigenvalue weighted by Gasteiger charge is 2.35. The standard InChI is InChI=1S/C34H39N3O4/c1-5-6-15-27-21-25-14-10-11-16-28(25)34(36-27)41-20-19-37(2,3)31(23-32(38)40-4)29-18-17-26(33(35)39)22-30(29)24-12-8-7-9-13-24/h7-14,16-18,21-22,31H,5-6,15,19-20,23H2,1-4H3,(H-,35,39)/p+1/t31-/m1/s1. The Labute approximate surface area is 242 Å². The lowest BCUT2D eigenvalue weighted by atomic mass is 9.89. The summed E-state index contributed by atoms with van der Waals surface area (Å²) in [6.45, 7) is 3.18. The van der Waals surface area contributed by atoms with Crippen molar-refractivity contribution in [3.63, 3.8) is 0 Å². The number of methoxy groups -OCH3 is 1. The van der Waals surface area contributed by atoms with E-state index in [1.165, 1.54) is 7.11 Å². The lowest BCUT2D eigenvalue weighted by molar-refractivity contribution is -0.920. The summed E-state index contributed by atoms with van der Waals surface area (Å²) >= 11 is 0. The Morgan fingerprint density at radius 1 is 0.976 bits per heavy atom. The minimum absolute atomic E-state index is 0.160. The van der Waals surface area contributed by atoms with Gasteiger partial charge in [0.25, 0.3) is 0 Å². The molecular formula is C34H40N3O4+. The number of fused-ring (bicyclic) bond motifs is 1. The second kappa shape index (κ2) is 13.4. The number of hydrogen-bond acceptors (Lipinski definition) is 5. The molecule has 0 saturated carbocycles. The molecule has 1 aromatic heterocycles. The minimum Gasteiger partial charge on any atom is -0.471 e. The van der Waals surface area contributed by atoms with Gasteiger partial charge in [-0.05, 0) is 53.6 Å². The number of carbonyl (C=O) groups excluding carboxylic acids is 2. The monoisotopic (exact) mass is 554 g/mol. The molecule has 4 rings (SSSR count). The van der Waals surface area contributed by atoms with E-state index in [-0.39, 0.29) is 18.4 Å². The number of rotatable bonds is 13. The van der Waals surface area contributed by atoms with Crippen LogP contribution in [-0.2, 0) is 16.0 Å². The van der Waals surface area contributed by atoms with E-state index in [0.29, 0.717) is 29.1 Å². The Kier molecular flexibility index (Phi) is 9.73. The molecule has 214 valence electrons. The molecule has 41 heavy (non-hydrogen) atoms. The van der Waals surface area contributed by atoms with Crippen molar-refractivity contribution < 1.29 is 23.5 Å². The van der Waals surface area contributed by atoms with Crippen LogP contribution >= 0.6 is 0 Å². The molecule has 1 atom stereocenters. The van der Waals surface area contributed by atoms with E-state index in [4.69, 9.17) is 20.2 Å². The molecule has 0 fully saturated rings. The van der Waals surface area contributed by atoms with Crippen molar-refractivity contribution in [1.82, 2.24) is 4.98 Å². The van der Waals surface area contributed by atoms with Crippen molar-refractivity contribution >= 4 is 22.6 Å². The van der Waals surface area contributed by atoms with Gasteiger partial charge in [0.2, 0.25) is 11.8 Å². The van der Waals surface area contributed by atoms with Gasteiger partial charge in [0.1, 0.15) is 25.6 Å². The molecule has 0 spiro atoms. The molecule has 0 unspecified atom stereocenters. The number of pyridine rings is 1. The normalized spacial score (nSPS) is 12.2. The van der Waals surface area contributed by atoms with Gasteiger partial charge in [-0.15, -0.1) is 0 Å². The van der Waals surface area contributed by atoms with Gasteiger partial charge in [-0.2, -0.15) is 0 Å². The zero-order valence-corrected chi connectivity index (χ0v) is 24.4. The van der Waals surface area contributed by atoms with Crippen LogP contribution in [0.2, 0.25) is 0 Å². The van der Waals surface area contributed by atoms with E-state index in [1.54, 1.807) is 6.07 Å². The number of amides is 1. The highest BCUT2D eigenvalue weighted by molar-refractivity contribution is 5.94. The molecule has 2 N–H and O–H groups in total. The maximum absolute atomic E-state index is 12.7. The van der Waals surface area contributed by atoms with E-state index >= 15 is 0 Å². The smallest absolute Gasteiger partial charge is 0.311 e. The first-order valence-electron chi connectivity index (χ1n) is 14.1. The van der Waals surface area contributed by atoms with E-state index in [9.17, 15) is 9.59 Å². The summed E-state index contributed by atoms with van der Waals surface area (Å²) in [7, 11) is 5.56. The molecule has 3 aromatic carbocycles. The van der Waals surface area contributed by atoms with Crippen LogP contribution in [0.25, 0.3) is 21.9 Å². The van der Waals surface area contributed by atoms with Crippen LogP contribution in [-0.4, -0.2) is 55.7 Å². The lowest BCUT2D eigenvalue weighted by Crippen LogP contribution is -2.47. The Balaban J connectivity index is 1.66. The number of nitrogens with zero attached hydrogens (tertiary/aromatic N) is 2. The average Bonchev–Trinajstić information content (AvgIpc) is 2.98. The van der Waals surface area contributed by atoms with Crippen molar-refractivity contribution in [3.05, 3.63) is 95.7 Å². The molecule has 4 aromatic rings. The molecule has 1 heterocycles. The number of hydrogen-bond donors (Lipinski definition) is 1. The first-order chi connectivity index (χ1) is 19.7. The zero-order chi connectivity index (χ0) is 29.4.